The lowest BCUT2D eigenvalue weighted by atomic mass is 10.2. The molecule has 0 bridgehead atoms. The van der Waals surface area contributed by atoms with Crippen molar-refractivity contribution in [1.82, 2.24) is 9.21 Å². The second-order valence-corrected chi connectivity index (χ2v) is 2.99. The number of hydrogen-bond donors (Lipinski definition) is 2. The summed E-state index contributed by atoms with van der Waals surface area (Å²) in [5.41, 5.74) is 5.59. The van der Waals surface area contributed by atoms with Gasteiger partial charge < -0.3 is 10.6 Å². The number of thiol groups is 1. The van der Waals surface area contributed by atoms with E-state index in [1.54, 1.807) is 11.9 Å². The summed E-state index contributed by atoms with van der Waals surface area (Å²) in [5.74, 6) is 0. The third kappa shape index (κ3) is 1.35. The molecule has 5 heteroatoms. The first-order chi connectivity index (χ1) is 4.61. The molecule has 2 N–H and O–H groups in total. The molecular formula is C5H11N3OS. The highest BCUT2D eigenvalue weighted by Crippen LogP contribution is 2.07. The Morgan fingerprint density at radius 3 is 2.80 bits per heavy atom. The van der Waals surface area contributed by atoms with Crippen LogP contribution in [-0.4, -0.2) is 41.4 Å². The van der Waals surface area contributed by atoms with Crippen LogP contribution >= 0.6 is 12.8 Å². The summed E-state index contributed by atoms with van der Waals surface area (Å²) in [6.45, 7) is 1.15. The maximum absolute atomic E-state index is 11.0. The van der Waals surface area contributed by atoms with E-state index < -0.39 is 0 Å². The lowest BCUT2D eigenvalue weighted by Gasteiger charge is -2.33. The molecule has 10 heavy (non-hydrogen) atoms. The Balaban J connectivity index is 2.57. The van der Waals surface area contributed by atoms with Gasteiger partial charge in [0, 0.05) is 19.6 Å². The van der Waals surface area contributed by atoms with Crippen molar-refractivity contribution in [1.29, 1.82) is 0 Å². The van der Waals surface area contributed by atoms with Crippen LogP contribution < -0.4 is 5.73 Å². The molecule has 0 aromatic rings. The van der Waals surface area contributed by atoms with Crippen LogP contribution in [0.15, 0.2) is 0 Å². The van der Waals surface area contributed by atoms with Gasteiger partial charge in [0.2, 0.25) is 0 Å². The Kier molecular flexibility index (Phi) is 2.05. The average molecular weight is 161 g/mol. The molecule has 1 atom stereocenters. The van der Waals surface area contributed by atoms with Gasteiger partial charge in [-0.1, -0.05) is 12.8 Å². The van der Waals surface area contributed by atoms with Gasteiger partial charge in [-0.05, 0) is 0 Å². The van der Waals surface area contributed by atoms with Crippen molar-refractivity contribution in [3.8, 4) is 0 Å². The molecule has 0 aromatic carbocycles. The third-order valence-electron chi connectivity index (χ3n) is 1.46. The first kappa shape index (κ1) is 7.68. The zero-order chi connectivity index (χ0) is 7.72. The molecule has 0 aromatic heterocycles. The molecule has 1 heterocycles. The molecular weight excluding hydrogens is 150 g/mol. The fourth-order valence-corrected chi connectivity index (χ4v) is 1.35. The normalized spacial score (nSPS) is 27.5. The summed E-state index contributed by atoms with van der Waals surface area (Å²) in [7, 11) is 1.71. The van der Waals surface area contributed by atoms with Crippen molar-refractivity contribution in [3.05, 3.63) is 0 Å². The second kappa shape index (κ2) is 2.67. The van der Waals surface area contributed by atoms with Gasteiger partial charge in [-0.25, -0.2) is 4.79 Å². The van der Waals surface area contributed by atoms with Crippen molar-refractivity contribution in [2.45, 2.75) is 6.04 Å². The van der Waals surface area contributed by atoms with Crippen molar-refractivity contribution in [2.75, 3.05) is 20.1 Å². The summed E-state index contributed by atoms with van der Waals surface area (Å²) >= 11 is 3.94. The van der Waals surface area contributed by atoms with E-state index in [4.69, 9.17) is 5.73 Å². The number of nitrogens with zero attached hydrogens (tertiary/aromatic N) is 2. The second-order valence-electron chi connectivity index (χ2n) is 2.51. The molecule has 0 spiro atoms. The summed E-state index contributed by atoms with van der Waals surface area (Å²) < 4.78 is 1.33. The third-order valence-corrected chi connectivity index (χ3v) is 1.80. The summed E-state index contributed by atoms with van der Waals surface area (Å²) in [4.78, 5) is 12.5. The predicted molar refractivity (Wildman–Crippen MR) is 41.7 cm³/mol. The maximum Gasteiger partial charge on any atom is 0.329 e. The van der Waals surface area contributed by atoms with E-state index in [1.807, 2.05) is 0 Å². The van der Waals surface area contributed by atoms with Crippen LogP contribution in [-0.2, 0) is 0 Å². The lowest BCUT2D eigenvalue weighted by Crippen LogP contribution is -2.53. The highest BCUT2D eigenvalue weighted by atomic mass is 32.1. The van der Waals surface area contributed by atoms with Crippen molar-refractivity contribution < 1.29 is 4.79 Å². The SMILES string of the molecule is CN1CC(N)CN(S)C1=O. The van der Waals surface area contributed by atoms with Crippen molar-refractivity contribution >= 4 is 18.8 Å². The molecule has 2 amide bonds. The van der Waals surface area contributed by atoms with E-state index in [0.29, 0.717) is 13.1 Å². The lowest BCUT2D eigenvalue weighted by molar-refractivity contribution is 0.169. The number of hydrogen-bond acceptors (Lipinski definition) is 3. The highest BCUT2D eigenvalue weighted by Gasteiger charge is 2.24. The Bertz CT molecular complexity index is 138. The van der Waals surface area contributed by atoms with Crippen LogP contribution in [0.3, 0.4) is 0 Å². The summed E-state index contributed by atoms with van der Waals surface area (Å²) in [6, 6.07) is -0.0507. The Morgan fingerprint density at radius 2 is 2.30 bits per heavy atom. The van der Waals surface area contributed by atoms with E-state index in [1.165, 1.54) is 4.31 Å². The zero-order valence-electron chi connectivity index (χ0n) is 5.82. The number of amides is 2. The monoisotopic (exact) mass is 161 g/mol. The van der Waals surface area contributed by atoms with Crippen molar-refractivity contribution in [2.24, 2.45) is 5.73 Å². The molecule has 1 unspecified atom stereocenters. The molecule has 0 aliphatic carbocycles. The van der Waals surface area contributed by atoms with E-state index in [9.17, 15) is 4.79 Å². The molecule has 1 aliphatic heterocycles. The van der Waals surface area contributed by atoms with E-state index >= 15 is 0 Å². The van der Waals surface area contributed by atoms with Gasteiger partial charge in [-0.3, -0.25) is 4.31 Å². The Hall–Kier alpha value is -0.420. The number of nitrogens with two attached hydrogens (primary N) is 1. The van der Waals surface area contributed by atoms with Crippen molar-refractivity contribution in [3.63, 3.8) is 0 Å². The summed E-state index contributed by atoms with van der Waals surface area (Å²) in [6.07, 6.45) is 0. The molecule has 1 saturated heterocycles. The summed E-state index contributed by atoms with van der Waals surface area (Å²) in [5, 5.41) is 0. The topological polar surface area (TPSA) is 49.6 Å². The predicted octanol–water partition coefficient (Wildman–Crippen LogP) is -0.474. The number of urea groups is 1. The quantitative estimate of drug-likeness (QED) is 0.472. The molecule has 1 aliphatic rings. The first-order valence-electron chi connectivity index (χ1n) is 3.08. The van der Waals surface area contributed by atoms with Crippen LogP contribution in [0.25, 0.3) is 0 Å². The highest BCUT2D eigenvalue weighted by molar-refractivity contribution is 7.78. The molecule has 0 saturated carbocycles. The van der Waals surface area contributed by atoms with Gasteiger partial charge in [0.25, 0.3) is 0 Å². The first-order valence-corrected chi connectivity index (χ1v) is 3.48. The van der Waals surface area contributed by atoms with E-state index in [-0.39, 0.29) is 12.1 Å². The standard InChI is InChI=1S/C5H11N3OS/c1-7-2-4(6)3-8(10)5(7)9/h4,10H,2-3,6H2,1H3. The van der Waals surface area contributed by atoms with Crippen LogP contribution in [0, 0.1) is 0 Å². The Morgan fingerprint density at radius 1 is 1.70 bits per heavy atom. The van der Waals surface area contributed by atoms with Gasteiger partial charge in [-0.15, -0.1) is 0 Å². The largest absolute Gasteiger partial charge is 0.329 e. The zero-order valence-corrected chi connectivity index (χ0v) is 6.71. The van der Waals surface area contributed by atoms with Gasteiger partial charge in [0.1, 0.15) is 0 Å². The minimum atomic E-state index is -0.0787. The molecule has 58 valence electrons. The van der Waals surface area contributed by atoms with Gasteiger partial charge in [-0.2, -0.15) is 0 Å². The van der Waals surface area contributed by atoms with Crippen LogP contribution in [0.2, 0.25) is 0 Å². The van der Waals surface area contributed by atoms with Gasteiger partial charge in [0.05, 0.1) is 6.54 Å². The number of likely N-dealkylation sites (N-methyl/N-ethyl adjacent to an activating group) is 1. The minimum absolute atomic E-state index is 0.0280. The van der Waals surface area contributed by atoms with E-state index in [2.05, 4.69) is 12.8 Å². The fraction of sp³-hybridized carbons (Fsp3) is 0.800. The number of carbonyl (C=O) groups excluding carboxylic acids is 1. The fourth-order valence-electron chi connectivity index (χ4n) is 0.985. The van der Waals surface area contributed by atoms with Gasteiger partial charge >= 0.3 is 6.03 Å². The number of carbonyl (C=O) groups is 1. The molecule has 1 rings (SSSR count). The Labute approximate surface area is 65.5 Å². The van der Waals surface area contributed by atoms with Crippen LogP contribution in [0.5, 0.6) is 0 Å². The molecule has 4 nitrogen and oxygen atoms in total. The smallest absolute Gasteiger partial charge is 0.325 e. The molecule has 0 radical (unpaired) electrons. The van der Waals surface area contributed by atoms with Crippen LogP contribution in [0.4, 0.5) is 4.79 Å². The minimum Gasteiger partial charge on any atom is -0.325 e. The number of rotatable bonds is 0. The van der Waals surface area contributed by atoms with Crippen LogP contribution in [0.1, 0.15) is 0 Å². The average Bonchev–Trinajstić information content (AvgIpc) is 1.82. The van der Waals surface area contributed by atoms with Gasteiger partial charge in [0.15, 0.2) is 0 Å². The maximum atomic E-state index is 11.0. The van der Waals surface area contributed by atoms with E-state index in [0.717, 1.165) is 0 Å². The molecule has 1 fully saturated rings.